The third kappa shape index (κ3) is 3.52. The van der Waals surface area contributed by atoms with E-state index >= 15 is 0 Å². The molecule has 0 fully saturated rings. The Kier molecular flexibility index (Phi) is 4.42. The molecule has 3 aromatic heterocycles. The van der Waals surface area contributed by atoms with E-state index in [2.05, 4.69) is 59.5 Å². The molecule has 0 saturated carbocycles. The van der Waals surface area contributed by atoms with Gasteiger partial charge in [0.15, 0.2) is 4.80 Å². The summed E-state index contributed by atoms with van der Waals surface area (Å²) in [5.41, 5.74) is 4.63. The number of aromatic nitrogens is 1. The number of furan rings is 1. The number of thiazole rings is 1. The predicted molar refractivity (Wildman–Crippen MR) is 105 cm³/mol. The Morgan fingerprint density at radius 3 is 2.56 bits per heavy atom. The lowest BCUT2D eigenvalue weighted by atomic mass is 10.1. The molecule has 0 spiro atoms. The van der Waals surface area contributed by atoms with Crippen molar-refractivity contribution in [2.45, 2.75) is 20.4 Å². The van der Waals surface area contributed by atoms with Gasteiger partial charge < -0.3 is 8.98 Å². The number of nitrogens with zero attached hydrogens (tertiary/aromatic N) is 2. The lowest BCUT2D eigenvalue weighted by molar-refractivity contribution is 0.492. The summed E-state index contributed by atoms with van der Waals surface area (Å²) >= 11 is 3.40. The Hall–Kier alpha value is -2.37. The lowest BCUT2D eigenvalue weighted by Crippen LogP contribution is -2.16. The first-order chi connectivity index (χ1) is 12.2. The van der Waals surface area contributed by atoms with Gasteiger partial charge in [-0.05, 0) is 60.7 Å². The van der Waals surface area contributed by atoms with Crippen molar-refractivity contribution in [3.63, 3.8) is 0 Å². The van der Waals surface area contributed by atoms with Crippen molar-refractivity contribution >= 4 is 28.4 Å². The van der Waals surface area contributed by atoms with Crippen molar-refractivity contribution in [1.29, 1.82) is 0 Å². The molecule has 0 aliphatic rings. The SMILES string of the molecule is Cc1cc(C)cc(N=c2scc(-c3cccs3)n2Cc2ccco2)c1. The standard InChI is InChI=1S/C20H18N2OS2/c1-14-9-15(2)11-16(10-14)21-20-22(12-17-5-3-7-23-17)18(13-25-20)19-6-4-8-24-19/h3-11,13H,12H2,1-2H3. The van der Waals surface area contributed by atoms with Crippen molar-refractivity contribution < 1.29 is 4.42 Å². The Labute approximate surface area is 154 Å². The van der Waals surface area contributed by atoms with Crippen LogP contribution in [-0.2, 0) is 6.54 Å². The molecular weight excluding hydrogens is 348 g/mol. The smallest absolute Gasteiger partial charge is 0.190 e. The summed E-state index contributed by atoms with van der Waals surface area (Å²) < 4.78 is 7.80. The van der Waals surface area contributed by atoms with Gasteiger partial charge in [-0.3, -0.25) is 0 Å². The minimum atomic E-state index is 0.674. The highest BCUT2D eigenvalue weighted by Gasteiger charge is 2.11. The van der Waals surface area contributed by atoms with Crippen LogP contribution in [0.4, 0.5) is 5.69 Å². The molecule has 0 aliphatic carbocycles. The molecule has 0 atom stereocenters. The van der Waals surface area contributed by atoms with Gasteiger partial charge in [-0.15, -0.1) is 22.7 Å². The third-order valence-electron chi connectivity index (χ3n) is 3.90. The van der Waals surface area contributed by atoms with Crippen LogP contribution in [0.1, 0.15) is 16.9 Å². The molecule has 1 aromatic carbocycles. The van der Waals surface area contributed by atoms with E-state index in [0.717, 1.165) is 16.2 Å². The average Bonchev–Trinajstić information content (AvgIpc) is 3.30. The second-order valence-electron chi connectivity index (χ2n) is 6.00. The van der Waals surface area contributed by atoms with Gasteiger partial charge in [-0.25, -0.2) is 4.99 Å². The van der Waals surface area contributed by atoms with E-state index in [1.54, 1.807) is 28.9 Å². The topological polar surface area (TPSA) is 30.4 Å². The molecule has 0 aliphatic heterocycles. The highest BCUT2D eigenvalue weighted by molar-refractivity contribution is 7.14. The van der Waals surface area contributed by atoms with E-state index < -0.39 is 0 Å². The Morgan fingerprint density at radius 1 is 1.04 bits per heavy atom. The Morgan fingerprint density at radius 2 is 1.88 bits per heavy atom. The van der Waals surface area contributed by atoms with Gasteiger partial charge in [0.2, 0.25) is 0 Å². The van der Waals surface area contributed by atoms with Crippen molar-refractivity contribution in [3.8, 4) is 10.6 Å². The summed E-state index contributed by atoms with van der Waals surface area (Å²) in [5.74, 6) is 0.929. The predicted octanol–water partition coefficient (Wildman–Crippen LogP) is 5.77. The van der Waals surface area contributed by atoms with Gasteiger partial charge in [0.1, 0.15) is 5.76 Å². The van der Waals surface area contributed by atoms with Gasteiger partial charge in [0.05, 0.1) is 29.1 Å². The lowest BCUT2D eigenvalue weighted by Gasteiger charge is -2.06. The molecule has 0 N–H and O–H groups in total. The zero-order valence-corrected chi connectivity index (χ0v) is 15.7. The van der Waals surface area contributed by atoms with Crippen LogP contribution in [0.5, 0.6) is 0 Å². The van der Waals surface area contributed by atoms with Crippen LogP contribution in [0.3, 0.4) is 0 Å². The summed E-state index contributed by atoms with van der Waals surface area (Å²) in [6.45, 7) is 4.89. The Bertz CT molecular complexity index is 1020. The second-order valence-corrected chi connectivity index (χ2v) is 7.79. The number of rotatable bonds is 4. The maximum Gasteiger partial charge on any atom is 0.190 e. The van der Waals surface area contributed by atoms with Gasteiger partial charge >= 0.3 is 0 Å². The molecule has 4 rings (SSSR count). The number of aryl methyl sites for hydroxylation is 2. The van der Waals surface area contributed by atoms with Gasteiger partial charge in [-0.2, -0.15) is 0 Å². The molecule has 5 heteroatoms. The van der Waals surface area contributed by atoms with Crippen LogP contribution in [0.25, 0.3) is 10.6 Å². The van der Waals surface area contributed by atoms with Crippen LogP contribution >= 0.6 is 22.7 Å². The highest BCUT2D eigenvalue weighted by Crippen LogP contribution is 2.26. The fraction of sp³-hybridized carbons (Fsp3) is 0.150. The molecule has 0 radical (unpaired) electrons. The first-order valence-corrected chi connectivity index (χ1v) is 9.82. The molecule has 3 nitrogen and oxygen atoms in total. The van der Waals surface area contributed by atoms with Gasteiger partial charge in [0.25, 0.3) is 0 Å². The Balaban J connectivity index is 1.85. The third-order valence-corrected chi connectivity index (χ3v) is 5.65. The number of benzene rings is 1. The fourth-order valence-corrected chi connectivity index (χ4v) is 4.62. The molecule has 3 heterocycles. The van der Waals surface area contributed by atoms with Gasteiger partial charge in [-0.1, -0.05) is 12.1 Å². The van der Waals surface area contributed by atoms with Crippen LogP contribution < -0.4 is 4.80 Å². The first-order valence-electron chi connectivity index (χ1n) is 8.07. The van der Waals surface area contributed by atoms with Crippen molar-refractivity contribution in [2.75, 3.05) is 0 Å². The van der Waals surface area contributed by atoms with E-state index in [0.29, 0.717) is 6.54 Å². The number of hydrogen-bond donors (Lipinski definition) is 0. The number of hydrogen-bond acceptors (Lipinski definition) is 4. The molecule has 4 aromatic rings. The van der Waals surface area contributed by atoms with E-state index in [9.17, 15) is 0 Å². The summed E-state index contributed by atoms with van der Waals surface area (Å²) in [5, 5.41) is 4.28. The summed E-state index contributed by atoms with van der Waals surface area (Å²) in [6, 6.07) is 14.6. The second kappa shape index (κ2) is 6.86. The van der Waals surface area contributed by atoms with E-state index in [4.69, 9.17) is 9.41 Å². The number of thiophene rings is 1. The average molecular weight is 367 g/mol. The molecule has 0 unspecified atom stereocenters. The van der Waals surface area contributed by atoms with Crippen molar-refractivity contribution in [1.82, 2.24) is 4.57 Å². The summed E-state index contributed by atoms with van der Waals surface area (Å²) in [6.07, 6.45) is 1.72. The minimum absolute atomic E-state index is 0.674. The first kappa shape index (κ1) is 16.1. The zero-order chi connectivity index (χ0) is 17.2. The van der Waals surface area contributed by atoms with Crippen molar-refractivity contribution in [2.24, 2.45) is 4.99 Å². The maximum atomic E-state index is 5.57. The zero-order valence-electron chi connectivity index (χ0n) is 14.1. The van der Waals surface area contributed by atoms with Gasteiger partial charge in [0, 0.05) is 5.38 Å². The monoisotopic (exact) mass is 366 g/mol. The molecule has 25 heavy (non-hydrogen) atoms. The molecule has 0 bridgehead atoms. The summed E-state index contributed by atoms with van der Waals surface area (Å²) in [4.78, 5) is 7.14. The van der Waals surface area contributed by atoms with Crippen molar-refractivity contribution in [3.05, 3.63) is 81.2 Å². The molecular formula is C20H18N2OS2. The van der Waals surface area contributed by atoms with E-state index in [1.807, 2.05) is 12.1 Å². The van der Waals surface area contributed by atoms with E-state index in [-0.39, 0.29) is 0 Å². The molecule has 126 valence electrons. The quantitative estimate of drug-likeness (QED) is 0.451. The van der Waals surface area contributed by atoms with Crippen LogP contribution in [0.15, 0.2) is 68.9 Å². The molecule has 0 amide bonds. The van der Waals surface area contributed by atoms with E-state index in [1.165, 1.54) is 21.7 Å². The van der Waals surface area contributed by atoms with Crippen LogP contribution in [0, 0.1) is 13.8 Å². The minimum Gasteiger partial charge on any atom is -0.467 e. The molecule has 0 saturated heterocycles. The van der Waals surface area contributed by atoms with Crippen LogP contribution in [0.2, 0.25) is 0 Å². The largest absolute Gasteiger partial charge is 0.467 e. The van der Waals surface area contributed by atoms with Crippen LogP contribution in [-0.4, -0.2) is 4.57 Å². The summed E-state index contributed by atoms with van der Waals surface area (Å²) in [7, 11) is 0. The highest BCUT2D eigenvalue weighted by atomic mass is 32.1. The normalized spacial score (nSPS) is 12.0. The maximum absolute atomic E-state index is 5.57. The fourth-order valence-electron chi connectivity index (χ4n) is 2.88.